The van der Waals surface area contributed by atoms with E-state index in [0.717, 1.165) is 12.0 Å². The molecule has 0 spiro atoms. The van der Waals surface area contributed by atoms with Gasteiger partial charge >= 0.3 is 5.97 Å². The summed E-state index contributed by atoms with van der Waals surface area (Å²) in [6.07, 6.45) is 7.01. The standard InChI is InChI=1S/C20H27NO5S/c1-15-9-11-16(12-10-15)27(24,25)21-18-13-14-19(22)17(18)7-5-3-4-6-8-20(23)26-2/h3,5,9-12,17-18,21H,4,6-8,13-14H2,1-2H3/b5-3-/t17-,18+/m1/s1. The molecule has 0 aromatic heterocycles. The molecule has 0 aliphatic heterocycles. The zero-order chi connectivity index (χ0) is 19.9. The van der Waals surface area contributed by atoms with Gasteiger partial charge in [-0.05, 0) is 44.7 Å². The Bertz CT molecular complexity index is 783. The van der Waals surface area contributed by atoms with Gasteiger partial charge in [0.05, 0.1) is 12.0 Å². The van der Waals surface area contributed by atoms with Gasteiger partial charge < -0.3 is 4.74 Å². The molecule has 1 aromatic carbocycles. The minimum absolute atomic E-state index is 0.0887. The zero-order valence-electron chi connectivity index (χ0n) is 15.8. The van der Waals surface area contributed by atoms with Crippen LogP contribution in [0.1, 0.15) is 44.1 Å². The molecule has 0 amide bonds. The van der Waals surface area contributed by atoms with Crippen LogP contribution < -0.4 is 4.72 Å². The summed E-state index contributed by atoms with van der Waals surface area (Å²) in [6.45, 7) is 1.90. The molecule has 1 aliphatic carbocycles. The first-order chi connectivity index (χ1) is 12.8. The monoisotopic (exact) mass is 393 g/mol. The average molecular weight is 394 g/mol. The van der Waals surface area contributed by atoms with Gasteiger partial charge in [0.15, 0.2) is 0 Å². The van der Waals surface area contributed by atoms with Crippen molar-refractivity contribution >= 4 is 21.8 Å². The van der Waals surface area contributed by atoms with E-state index in [0.29, 0.717) is 32.1 Å². The number of sulfonamides is 1. The van der Waals surface area contributed by atoms with Crippen molar-refractivity contribution in [2.45, 2.75) is 56.4 Å². The highest BCUT2D eigenvalue weighted by Crippen LogP contribution is 2.27. The number of allylic oxidation sites excluding steroid dienone is 2. The smallest absolute Gasteiger partial charge is 0.305 e. The Kier molecular flexibility index (Phi) is 7.74. The van der Waals surface area contributed by atoms with Crippen molar-refractivity contribution in [1.82, 2.24) is 4.72 Å². The Hall–Kier alpha value is -1.99. The first kappa shape index (κ1) is 21.3. The number of hydrogen-bond acceptors (Lipinski definition) is 5. The molecule has 0 unspecified atom stereocenters. The lowest BCUT2D eigenvalue weighted by Crippen LogP contribution is -2.38. The summed E-state index contributed by atoms with van der Waals surface area (Å²) in [6, 6.07) is 6.27. The summed E-state index contributed by atoms with van der Waals surface area (Å²) in [7, 11) is -2.28. The third-order valence-corrected chi connectivity index (χ3v) is 6.28. The highest BCUT2D eigenvalue weighted by atomic mass is 32.2. The van der Waals surface area contributed by atoms with Crippen molar-refractivity contribution in [2.24, 2.45) is 5.92 Å². The van der Waals surface area contributed by atoms with Crippen LogP contribution in [0.25, 0.3) is 0 Å². The molecule has 1 N–H and O–H groups in total. The van der Waals surface area contributed by atoms with Gasteiger partial charge in [0, 0.05) is 24.8 Å². The molecule has 7 heteroatoms. The van der Waals surface area contributed by atoms with Gasteiger partial charge in [-0.25, -0.2) is 13.1 Å². The van der Waals surface area contributed by atoms with Gasteiger partial charge in [-0.1, -0.05) is 29.8 Å². The number of nitrogens with one attached hydrogen (secondary N) is 1. The number of aryl methyl sites for hydroxylation is 1. The largest absolute Gasteiger partial charge is 0.469 e. The number of hydrogen-bond donors (Lipinski definition) is 1. The fourth-order valence-electron chi connectivity index (χ4n) is 3.16. The quantitative estimate of drug-likeness (QED) is 0.396. The lowest BCUT2D eigenvalue weighted by Gasteiger charge is -2.19. The molecule has 0 heterocycles. The Morgan fingerprint density at radius 3 is 2.63 bits per heavy atom. The van der Waals surface area contributed by atoms with Crippen LogP contribution in [0.3, 0.4) is 0 Å². The fraction of sp³-hybridized carbons (Fsp3) is 0.500. The fourth-order valence-corrected chi connectivity index (χ4v) is 4.47. The van der Waals surface area contributed by atoms with Crippen LogP contribution in [0.5, 0.6) is 0 Å². The number of esters is 1. The summed E-state index contributed by atoms with van der Waals surface area (Å²) >= 11 is 0. The van der Waals surface area contributed by atoms with Crippen molar-refractivity contribution in [1.29, 1.82) is 0 Å². The zero-order valence-corrected chi connectivity index (χ0v) is 16.6. The van der Waals surface area contributed by atoms with E-state index < -0.39 is 10.0 Å². The average Bonchev–Trinajstić information content (AvgIpc) is 2.97. The number of carbonyl (C=O) groups is 2. The van der Waals surface area contributed by atoms with E-state index in [1.807, 2.05) is 19.1 Å². The van der Waals surface area contributed by atoms with Gasteiger partial charge in [0.2, 0.25) is 10.0 Å². The molecular weight excluding hydrogens is 366 g/mol. The molecule has 0 radical (unpaired) electrons. The van der Waals surface area contributed by atoms with E-state index >= 15 is 0 Å². The van der Waals surface area contributed by atoms with Crippen LogP contribution in [0, 0.1) is 12.8 Å². The number of Topliss-reactive ketones (excluding diaryl/α,β-unsaturated/α-hetero) is 1. The van der Waals surface area contributed by atoms with E-state index in [-0.39, 0.29) is 28.6 Å². The molecule has 1 saturated carbocycles. The summed E-state index contributed by atoms with van der Waals surface area (Å²) < 4.78 is 32.4. The first-order valence-corrected chi connectivity index (χ1v) is 10.7. The molecule has 1 aliphatic rings. The Labute approximate surface area is 161 Å². The minimum atomic E-state index is -3.65. The molecule has 0 bridgehead atoms. The summed E-state index contributed by atoms with van der Waals surface area (Å²) in [5, 5.41) is 0. The second kappa shape index (κ2) is 9.80. The second-order valence-corrected chi connectivity index (χ2v) is 8.54. The number of ketones is 1. The normalized spacial score (nSPS) is 20.3. The molecule has 1 fully saturated rings. The molecule has 2 atom stereocenters. The summed E-state index contributed by atoms with van der Waals surface area (Å²) in [5.41, 5.74) is 0.986. The van der Waals surface area contributed by atoms with Gasteiger partial charge in [-0.2, -0.15) is 0 Å². The number of rotatable bonds is 9. The SMILES string of the molecule is COC(=O)CCC/C=C\C[C@H]1C(=O)CC[C@@H]1NS(=O)(=O)c1ccc(C)cc1. The number of unbranched alkanes of at least 4 members (excludes halogenated alkanes) is 1. The van der Waals surface area contributed by atoms with Crippen LogP contribution in [-0.4, -0.2) is 33.3 Å². The molecular formula is C20H27NO5S. The first-order valence-electron chi connectivity index (χ1n) is 9.17. The van der Waals surface area contributed by atoms with Gasteiger partial charge in [0.25, 0.3) is 0 Å². The van der Waals surface area contributed by atoms with Crippen LogP contribution in [0.4, 0.5) is 0 Å². The summed E-state index contributed by atoms with van der Waals surface area (Å²) in [4.78, 5) is 23.4. The van der Waals surface area contributed by atoms with E-state index in [4.69, 9.17) is 0 Å². The Morgan fingerprint density at radius 2 is 1.96 bits per heavy atom. The molecule has 0 saturated heterocycles. The molecule has 6 nitrogen and oxygen atoms in total. The minimum Gasteiger partial charge on any atom is -0.469 e. The molecule has 27 heavy (non-hydrogen) atoms. The number of ether oxygens (including phenoxy) is 1. The van der Waals surface area contributed by atoms with Crippen molar-refractivity contribution in [2.75, 3.05) is 7.11 Å². The van der Waals surface area contributed by atoms with Gasteiger partial charge in [0.1, 0.15) is 5.78 Å². The van der Waals surface area contributed by atoms with Crippen molar-refractivity contribution in [3.63, 3.8) is 0 Å². The molecule has 148 valence electrons. The molecule has 1 aromatic rings. The number of carbonyl (C=O) groups excluding carboxylic acids is 2. The maximum atomic E-state index is 12.6. The van der Waals surface area contributed by atoms with Crippen LogP contribution >= 0.6 is 0 Å². The summed E-state index contributed by atoms with van der Waals surface area (Å²) in [5.74, 6) is -0.493. The van der Waals surface area contributed by atoms with E-state index in [1.54, 1.807) is 24.3 Å². The lowest BCUT2D eigenvalue weighted by atomic mass is 9.99. The third kappa shape index (κ3) is 6.29. The van der Waals surface area contributed by atoms with Crippen molar-refractivity contribution in [3.05, 3.63) is 42.0 Å². The van der Waals surface area contributed by atoms with Crippen LogP contribution in [-0.2, 0) is 24.3 Å². The van der Waals surface area contributed by atoms with Crippen molar-refractivity contribution in [3.8, 4) is 0 Å². The lowest BCUT2D eigenvalue weighted by molar-refractivity contribution is -0.140. The Balaban J connectivity index is 1.91. The highest BCUT2D eigenvalue weighted by molar-refractivity contribution is 7.89. The Morgan fingerprint density at radius 1 is 1.26 bits per heavy atom. The van der Waals surface area contributed by atoms with Gasteiger partial charge in [-0.15, -0.1) is 0 Å². The van der Waals surface area contributed by atoms with E-state index in [2.05, 4.69) is 9.46 Å². The van der Waals surface area contributed by atoms with E-state index in [1.165, 1.54) is 7.11 Å². The predicted octanol–water partition coefficient (Wildman–Crippen LogP) is 2.91. The van der Waals surface area contributed by atoms with E-state index in [9.17, 15) is 18.0 Å². The number of methoxy groups -OCH3 is 1. The second-order valence-electron chi connectivity index (χ2n) is 6.83. The number of benzene rings is 1. The van der Waals surface area contributed by atoms with Crippen molar-refractivity contribution < 1.29 is 22.7 Å². The maximum Gasteiger partial charge on any atom is 0.305 e. The molecule has 2 rings (SSSR count). The maximum absolute atomic E-state index is 12.6. The topological polar surface area (TPSA) is 89.5 Å². The van der Waals surface area contributed by atoms with Gasteiger partial charge in [-0.3, -0.25) is 9.59 Å². The third-order valence-electron chi connectivity index (χ3n) is 4.77. The highest BCUT2D eigenvalue weighted by Gasteiger charge is 2.36. The predicted molar refractivity (Wildman–Crippen MR) is 103 cm³/mol. The van der Waals surface area contributed by atoms with Crippen LogP contribution in [0.15, 0.2) is 41.3 Å². The van der Waals surface area contributed by atoms with Crippen LogP contribution in [0.2, 0.25) is 0 Å².